The maximum Gasteiger partial charge on any atom is 0.129 e. The minimum atomic E-state index is 0.585. The molecule has 1 N–H and O–H groups in total. The quantitative estimate of drug-likeness (QED) is 0.367. The zero-order valence-electron chi connectivity index (χ0n) is 13.3. The first kappa shape index (κ1) is 17.0. The maximum atomic E-state index is 5.70. The lowest BCUT2D eigenvalue weighted by Gasteiger charge is -2.09. The largest absolute Gasteiger partial charge is 0.458 e. The van der Waals surface area contributed by atoms with Gasteiger partial charge in [-0.3, -0.25) is 0 Å². The van der Waals surface area contributed by atoms with Crippen LogP contribution in [0.2, 0.25) is 0 Å². The molecule has 2 rings (SSSR count). The summed E-state index contributed by atoms with van der Waals surface area (Å²) >= 11 is 1.65. The van der Waals surface area contributed by atoms with Gasteiger partial charge in [0.05, 0.1) is 0 Å². The molecule has 0 spiro atoms. The third-order valence-electron chi connectivity index (χ3n) is 2.91. The van der Waals surface area contributed by atoms with Crippen molar-refractivity contribution >= 4 is 17.6 Å². The van der Waals surface area contributed by atoms with E-state index in [4.69, 9.17) is 4.74 Å². The molecule has 23 heavy (non-hydrogen) atoms. The summed E-state index contributed by atoms with van der Waals surface area (Å²) in [6.07, 6.45) is 3.69. The standard InChI is InChI=1S/C20H21NOS/c1-16(2)12-13-17(3)22-20-11-7-10-19(14-20)21-23-15-18-8-5-4-6-9-18/h4-14,21H,1,3,15H2,2H3/b13-12-. The lowest BCUT2D eigenvalue weighted by atomic mass is 10.2. The monoisotopic (exact) mass is 323 g/mol. The summed E-state index contributed by atoms with van der Waals surface area (Å²) in [5.74, 6) is 2.24. The molecule has 0 aromatic heterocycles. The van der Waals surface area contributed by atoms with Crippen LogP contribution in [0.4, 0.5) is 5.69 Å². The van der Waals surface area contributed by atoms with Crippen molar-refractivity contribution in [1.29, 1.82) is 0 Å². The SMILES string of the molecule is C=C(C)/C=C\C(=C)Oc1cccc(NSCc2ccccc2)c1. The number of rotatable bonds is 8. The van der Waals surface area contributed by atoms with Gasteiger partial charge in [0.15, 0.2) is 0 Å². The molecule has 0 aliphatic heterocycles. The summed E-state index contributed by atoms with van der Waals surface area (Å²) in [4.78, 5) is 0. The molecule has 0 atom stereocenters. The molecule has 3 heteroatoms. The Bertz CT molecular complexity index is 692. The van der Waals surface area contributed by atoms with Gasteiger partial charge in [-0.25, -0.2) is 0 Å². The van der Waals surface area contributed by atoms with Gasteiger partial charge in [0.2, 0.25) is 0 Å². The number of benzene rings is 2. The number of hydrogen-bond donors (Lipinski definition) is 1. The van der Waals surface area contributed by atoms with Gasteiger partial charge in [-0.05, 0) is 42.6 Å². The van der Waals surface area contributed by atoms with Gasteiger partial charge in [0, 0.05) is 17.5 Å². The molecule has 2 nitrogen and oxygen atoms in total. The lowest BCUT2D eigenvalue weighted by Crippen LogP contribution is -1.93. The molecule has 0 heterocycles. The highest BCUT2D eigenvalue weighted by molar-refractivity contribution is 7.99. The average molecular weight is 323 g/mol. The molecule has 118 valence electrons. The molecule has 0 saturated carbocycles. The summed E-state index contributed by atoms with van der Waals surface area (Å²) in [6.45, 7) is 9.62. The molecule has 0 aliphatic carbocycles. The Labute approximate surface area is 142 Å². The van der Waals surface area contributed by atoms with Crippen LogP contribution < -0.4 is 9.46 Å². The van der Waals surface area contributed by atoms with Crippen molar-refractivity contribution in [3.8, 4) is 5.75 Å². The van der Waals surface area contributed by atoms with Gasteiger partial charge in [-0.1, -0.05) is 61.2 Å². The predicted octanol–water partition coefficient (Wildman–Crippen LogP) is 5.97. The Hall–Kier alpha value is -2.39. The van der Waals surface area contributed by atoms with Crippen molar-refractivity contribution in [2.75, 3.05) is 4.72 Å². The number of hydrogen-bond acceptors (Lipinski definition) is 3. The van der Waals surface area contributed by atoms with E-state index in [-0.39, 0.29) is 0 Å². The molecular weight excluding hydrogens is 302 g/mol. The smallest absolute Gasteiger partial charge is 0.129 e. The van der Waals surface area contributed by atoms with Crippen molar-refractivity contribution in [2.45, 2.75) is 12.7 Å². The van der Waals surface area contributed by atoms with E-state index in [1.807, 2.05) is 49.4 Å². The fourth-order valence-electron chi connectivity index (χ4n) is 1.82. The molecule has 2 aromatic carbocycles. The van der Waals surface area contributed by atoms with E-state index in [9.17, 15) is 0 Å². The molecule has 0 amide bonds. The molecule has 0 saturated heterocycles. The minimum Gasteiger partial charge on any atom is -0.458 e. The van der Waals surface area contributed by atoms with E-state index < -0.39 is 0 Å². The van der Waals surface area contributed by atoms with Crippen molar-refractivity contribution < 1.29 is 4.74 Å². The topological polar surface area (TPSA) is 21.3 Å². The van der Waals surface area contributed by atoms with Gasteiger partial charge >= 0.3 is 0 Å². The van der Waals surface area contributed by atoms with Crippen LogP contribution in [0.1, 0.15) is 12.5 Å². The third kappa shape index (κ3) is 6.49. The molecule has 0 unspecified atom stereocenters. The zero-order valence-corrected chi connectivity index (χ0v) is 14.1. The van der Waals surface area contributed by atoms with Crippen LogP contribution in [0.25, 0.3) is 0 Å². The van der Waals surface area contributed by atoms with Crippen LogP contribution in [-0.4, -0.2) is 0 Å². The molecule has 0 bridgehead atoms. The molecule has 0 aliphatic rings. The van der Waals surface area contributed by atoms with Gasteiger partial charge in [-0.15, -0.1) is 0 Å². The van der Waals surface area contributed by atoms with Crippen molar-refractivity contribution in [1.82, 2.24) is 0 Å². The molecule has 0 radical (unpaired) electrons. The van der Waals surface area contributed by atoms with E-state index in [1.54, 1.807) is 11.9 Å². The van der Waals surface area contributed by atoms with Crippen LogP contribution in [-0.2, 0) is 5.75 Å². The Morgan fingerprint density at radius 1 is 1.09 bits per heavy atom. The number of nitrogens with one attached hydrogen (secondary N) is 1. The Morgan fingerprint density at radius 2 is 1.87 bits per heavy atom. The van der Waals surface area contributed by atoms with Crippen molar-refractivity contribution in [3.63, 3.8) is 0 Å². The van der Waals surface area contributed by atoms with Gasteiger partial charge in [0.1, 0.15) is 11.5 Å². The number of allylic oxidation sites excluding steroid dienone is 3. The van der Waals surface area contributed by atoms with Crippen LogP contribution >= 0.6 is 11.9 Å². The highest BCUT2D eigenvalue weighted by Crippen LogP contribution is 2.23. The second kappa shape index (κ2) is 8.91. The van der Waals surface area contributed by atoms with Gasteiger partial charge < -0.3 is 9.46 Å². The number of anilines is 1. The maximum absolute atomic E-state index is 5.70. The second-order valence-electron chi connectivity index (χ2n) is 5.15. The Kier molecular flexibility index (Phi) is 6.57. The van der Waals surface area contributed by atoms with E-state index >= 15 is 0 Å². The number of ether oxygens (including phenoxy) is 1. The summed E-state index contributed by atoms with van der Waals surface area (Å²) in [6, 6.07) is 18.2. The van der Waals surface area contributed by atoms with Gasteiger partial charge in [-0.2, -0.15) is 0 Å². The third-order valence-corrected chi connectivity index (χ3v) is 3.77. The first-order chi connectivity index (χ1) is 11.1. The van der Waals surface area contributed by atoms with Crippen LogP contribution in [0.3, 0.4) is 0 Å². The van der Waals surface area contributed by atoms with Crippen molar-refractivity contribution in [2.24, 2.45) is 0 Å². The summed E-state index contributed by atoms with van der Waals surface area (Å²) in [5, 5.41) is 0. The minimum absolute atomic E-state index is 0.585. The normalized spacial score (nSPS) is 10.5. The fourth-order valence-corrected chi connectivity index (χ4v) is 2.55. The average Bonchev–Trinajstić information content (AvgIpc) is 2.54. The Morgan fingerprint density at radius 3 is 2.61 bits per heavy atom. The van der Waals surface area contributed by atoms with Crippen LogP contribution in [0.5, 0.6) is 5.75 Å². The molecule has 0 fully saturated rings. The summed E-state index contributed by atoms with van der Waals surface area (Å²) in [5.41, 5.74) is 3.25. The summed E-state index contributed by atoms with van der Waals surface area (Å²) < 4.78 is 9.03. The fraction of sp³-hybridized carbons (Fsp3) is 0.100. The van der Waals surface area contributed by atoms with Crippen molar-refractivity contribution in [3.05, 3.63) is 96.8 Å². The van der Waals surface area contributed by atoms with E-state index in [1.165, 1.54) is 5.56 Å². The highest BCUT2D eigenvalue weighted by Gasteiger charge is 1.99. The van der Waals surface area contributed by atoms with Gasteiger partial charge in [0.25, 0.3) is 0 Å². The molecular formula is C20H21NOS. The van der Waals surface area contributed by atoms with Crippen LogP contribution in [0.15, 0.2) is 91.2 Å². The predicted molar refractivity (Wildman–Crippen MR) is 102 cm³/mol. The van der Waals surface area contributed by atoms with E-state index in [0.29, 0.717) is 5.76 Å². The lowest BCUT2D eigenvalue weighted by molar-refractivity contribution is 0.447. The highest BCUT2D eigenvalue weighted by atomic mass is 32.2. The van der Waals surface area contributed by atoms with Crippen LogP contribution in [0, 0.1) is 0 Å². The Balaban J connectivity index is 1.87. The van der Waals surface area contributed by atoms with E-state index in [2.05, 4.69) is 42.1 Å². The van der Waals surface area contributed by atoms with E-state index in [0.717, 1.165) is 22.8 Å². The first-order valence-corrected chi connectivity index (χ1v) is 8.34. The second-order valence-corrected chi connectivity index (χ2v) is 5.93. The first-order valence-electron chi connectivity index (χ1n) is 7.35. The summed E-state index contributed by atoms with van der Waals surface area (Å²) in [7, 11) is 0. The molecule has 2 aromatic rings. The zero-order chi connectivity index (χ0) is 16.5.